The number of esters is 1. The smallest absolute Gasteiger partial charge is 0.349 e. The van der Waals surface area contributed by atoms with E-state index in [0.29, 0.717) is 22.3 Å². The van der Waals surface area contributed by atoms with Crippen molar-refractivity contribution in [2.75, 3.05) is 0 Å². The molecule has 26 heavy (non-hydrogen) atoms. The van der Waals surface area contributed by atoms with Crippen LogP contribution in [-0.2, 0) is 16.1 Å². The van der Waals surface area contributed by atoms with E-state index in [2.05, 4.69) is 0 Å². The normalized spacial score (nSPS) is 11.3. The molecule has 2 aromatic heterocycles. The van der Waals surface area contributed by atoms with E-state index in [-0.39, 0.29) is 12.2 Å². The van der Waals surface area contributed by atoms with Gasteiger partial charge in [-0.15, -0.1) is 0 Å². The Balaban J connectivity index is 1.88. The summed E-state index contributed by atoms with van der Waals surface area (Å²) in [7, 11) is 0. The van der Waals surface area contributed by atoms with Gasteiger partial charge >= 0.3 is 11.6 Å². The molecule has 0 fully saturated rings. The third-order valence-corrected chi connectivity index (χ3v) is 4.05. The minimum absolute atomic E-state index is 0.152. The standard InChI is InChI=1S/C20H15NO5/c1-12-5-6-17-15(9-18(22)26-19(17)13(12)2)11-25-20(23)14(10-21)8-16-4-3-7-24-16/h3-9H,11H2,1-2H3/b14-8+. The predicted octanol–water partition coefficient (Wildman–Crippen LogP) is 3.65. The molecule has 0 unspecified atom stereocenters. The topological polar surface area (TPSA) is 93.4 Å². The Kier molecular flexibility index (Phi) is 4.72. The van der Waals surface area contributed by atoms with Gasteiger partial charge in [0.1, 0.15) is 29.6 Å². The molecule has 0 bridgehead atoms. The molecule has 0 saturated heterocycles. The molecule has 6 nitrogen and oxygen atoms in total. The Morgan fingerprint density at radius 2 is 2.12 bits per heavy atom. The summed E-state index contributed by atoms with van der Waals surface area (Å²) >= 11 is 0. The van der Waals surface area contributed by atoms with Crippen LogP contribution in [0.15, 0.2) is 55.8 Å². The lowest BCUT2D eigenvalue weighted by molar-refractivity contribution is -0.139. The first-order chi connectivity index (χ1) is 12.5. The van der Waals surface area contributed by atoms with Gasteiger partial charge in [-0.25, -0.2) is 9.59 Å². The Bertz CT molecular complexity index is 1100. The van der Waals surface area contributed by atoms with Gasteiger partial charge < -0.3 is 13.6 Å². The Morgan fingerprint density at radius 1 is 1.31 bits per heavy atom. The molecule has 0 aliphatic carbocycles. The molecule has 1 aromatic carbocycles. The second kappa shape index (κ2) is 7.11. The molecule has 130 valence electrons. The fraction of sp³-hybridized carbons (Fsp3) is 0.150. The number of nitrogens with zero attached hydrogens (tertiary/aromatic N) is 1. The van der Waals surface area contributed by atoms with Gasteiger partial charge in [0.2, 0.25) is 0 Å². The number of benzene rings is 1. The lowest BCUT2D eigenvalue weighted by Crippen LogP contribution is -2.09. The molecule has 0 aliphatic heterocycles. The molecule has 6 heteroatoms. The summed E-state index contributed by atoms with van der Waals surface area (Å²) < 4.78 is 15.6. The van der Waals surface area contributed by atoms with Crippen molar-refractivity contribution >= 4 is 23.0 Å². The number of hydrogen-bond donors (Lipinski definition) is 0. The fourth-order valence-electron chi connectivity index (χ4n) is 2.52. The number of aryl methyl sites for hydroxylation is 2. The molecule has 0 radical (unpaired) electrons. The molecule has 0 N–H and O–H groups in total. The summed E-state index contributed by atoms with van der Waals surface area (Å²) in [6.07, 6.45) is 2.74. The number of fused-ring (bicyclic) bond motifs is 1. The van der Waals surface area contributed by atoms with Crippen LogP contribution < -0.4 is 5.63 Å². The van der Waals surface area contributed by atoms with E-state index in [1.807, 2.05) is 26.0 Å². The predicted molar refractivity (Wildman–Crippen MR) is 94.1 cm³/mol. The van der Waals surface area contributed by atoms with E-state index in [4.69, 9.17) is 18.8 Å². The highest BCUT2D eigenvalue weighted by molar-refractivity contribution is 5.97. The summed E-state index contributed by atoms with van der Waals surface area (Å²) in [5.41, 5.74) is 2.10. The van der Waals surface area contributed by atoms with Gasteiger partial charge in [-0.05, 0) is 37.1 Å². The summed E-state index contributed by atoms with van der Waals surface area (Å²) in [5, 5.41) is 9.84. The van der Waals surface area contributed by atoms with Gasteiger partial charge in [0.05, 0.1) is 6.26 Å². The molecule has 0 atom stereocenters. The lowest BCUT2D eigenvalue weighted by atomic mass is 10.0. The second-order valence-corrected chi connectivity index (χ2v) is 5.74. The first kappa shape index (κ1) is 17.2. The molecule has 0 spiro atoms. The minimum atomic E-state index is -0.797. The van der Waals surface area contributed by atoms with Crippen LogP contribution in [0.5, 0.6) is 0 Å². The van der Waals surface area contributed by atoms with Crippen LogP contribution in [0.1, 0.15) is 22.5 Å². The molecule has 0 aliphatic rings. The molecule has 0 saturated carbocycles. The van der Waals surface area contributed by atoms with Crippen LogP contribution in [0.25, 0.3) is 17.0 Å². The van der Waals surface area contributed by atoms with Gasteiger partial charge in [0.15, 0.2) is 0 Å². The van der Waals surface area contributed by atoms with Gasteiger partial charge in [-0.2, -0.15) is 5.26 Å². The molecule has 0 amide bonds. The van der Waals surface area contributed by atoms with E-state index in [9.17, 15) is 9.59 Å². The number of carbonyl (C=O) groups excluding carboxylic acids is 1. The quantitative estimate of drug-likeness (QED) is 0.309. The second-order valence-electron chi connectivity index (χ2n) is 5.74. The SMILES string of the molecule is Cc1ccc2c(COC(=O)/C(C#N)=C/c3ccco3)cc(=O)oc2c1C. The number of nitriles is 1. The summed E-state index contributed by atoms with van der Waals surface area (Å²) in [5.74, 6) is -0.426. The fourth-order valence-corrected chi connectivity index (χ4v) is 2.52. The molecular weight excluding hydrogens is 334 g/mol. The zero-order valence-corrected chi connectivity index (χ0v) is 14.2. The van der Waals surface area contributed by atoms with E-state index < -0.39 is 11.6 Å². The number of rotatable bonds is 4. The highest BCUT2D eigenvalue weighted by Gasteiger charge is 2.15. The van der Waals surface area contributed by atoms with Crippen LogP contribution in [0.2, 0.25) is 0 Å². The van der Waals surface area contributed by atoms with Gasteiger partial charge in [-0.3, -0.25) is 0 Å². The highest BCUT2D eigenvalue weighted by atomic mass is 16.5. The summed E-state index contributed by atoms with van der Waals surface area (Å²) in [4.78, 5) is 24.0. The molecule has 3 rings (SSSR count). The van der Waals surface area contributed by atoms with Crippen molar-refractivity contribution in [3.8, 4) is 6.07 Å². The Hall–Kier alpha value is -3.59. The Labute approximate surface area is 148 Å². The van der Waals surface area contributed by atoms with Gasteiger partial charge in [-0.1, -0.05) is 12.1 Å². The van der Waals surface area contributed by atoms with Crippen molar-refractivity contribution < 1.29 is 18.4 Å². The lowest BCUT2D eigenvalue weighted by Gasteiger charge is -2.09. The average Bonchev–Trinajstić information content (AvgIpc) is 3.14. The maximum atomic E-state index is 12.2. The van der Waals surface area contributed by atoms with Crippen molar-refractivity contribution in [3.63, 3.8) is 0 Å². The zero-order valence-electron chi connectivity index (χ0n) is 14.2. The third kappa shape index (κ3) is 3.42. The van der Waals surface area contributed by atoms with Crippen LogP contribution in [0.3, 0.4) is 0 Å². The monoisotopic (exact) mass is 349 g/mol. The number of carbonyl (C=O) groups is 1. The van der Waals surface area contributed by atoms with Crippen molar-refractivity contribution in [2.45, 2.75) is 20.5 Å². The summed E-state index contributed by atoms with van der Waals surface area (Å²) in [6.45, 7) is 3.62. The van der Waals surface area contributed by atoms with Crippen molar-refractivity contribution in [1.29, 1.82) is 5.26 Å². The first-order valence-corrected chi connectivity index (χ1v) is 7.85. The highest BCUT2D eigenvalue weighted by Crippen LogP contribution is 2.24. The molecular formula is C20H15NO5. The molecule has 3 aromatic rings. The van der Waals surface area contributed by atoms with Crippen LogP contribution in [0, 0.1) is 25.2 Å². The minimum Gasteiger partial charge on any atom is -0.465 e. The largest absolute Gasteiger partial charge is 0.465 e. The maximum Gasteiger partial charge on any atom is 0.349 e. The third-order valence-electron chi connectivity index (χ3n) is 4.05. The van der Waals surface area contributed by atoms with Crippen LogP contribution in [-0.4, -0.2) is 5.97 Å². The van der Waals surface area contributed by atoms with Crippen molar-refractivity contribution in [1.82, 2.24) is 0 Å². The van der Waals surface area contributed by atoms with E-state index >= 15 is 0 Å². The zero-order chi connectivity index (χ0) is 18.7. The average molecular weight is 349 g/mol. The number of hydrogen-bond acceptors (Lipinski definition) is 6. The van der Waals surface area contributed by atoms with E-state index in [1.54, 1.807) is 18.2 Å². The number of furan rings is 1. The van der Waals surface area contributed by atoms with Gasteiger partial charge in [0.25, 0.3) is 0 Å². The summed E-state index contributed by atoms with van der Waals surface area (Å²) in [6, 6.07) is 10.1. The first-order valence-electron chi connectivity index (χ1n) is 7.85. The van der Waals surface area contributed by atoms with Crippen LogP contribution >= 0.6 is 0 Å². The van der Waals surface area contributed by atoms with E-state index in [0.717, 1.165) is 11.1 Å². The maximum absolute atomic E-state index is 12.2. The van der Waals surface area contributed by atoms with E-state index in [1.165, 1.54) is 18.4 Å². The molecule has 2 heterocycles. The van der Waals surface area contributed by atoms with Crippen molar-refractivity contribution in [2.24, 2.45) is 0 Å². The van der Waals surface area contributed by atoms with Crippen LogP contribution in [0.4, 0.5) is 0 Å². The van der Waals surface area contributed by atoms with Gasteiger partial charge in [0, 0.05) is 23.1 Å². The number of ether oxygens (including phenoxy) is 1. The van der Waals surface area contributed by atoms with Crippen molar-refractivity contribution in [3.05, 3.63) is 75.0 Å². The Morgan fingerprint density at radius 3 is 2.81 bits per heavy atom.